The van der Waals surface area contributed by atoms with Gasteiger partial charge in [-0.3, -0.25) is 4.79 Å². The SMILES string of the molecule is COc1ccc(-c2nnc(SCC(=O)Nc3ccc(C)cc3C)o2)cc1OC. The Hall–Kier alpha value is -3.00. The molecule has 8 heteroatoms. The first-order chi connectivity index (χ1) is 13.5. The van der Waals surface area contributed by atoms with Crippen molar-refractivity contribution in [3.63, 3.8) is 0 Å². The Balaban J connectivity index is 1.62. The molecule has 1 heterocycles. The average Bonchev–Trinajstić information content (AvgIpc) is 3.17. The van der Waals surface area contributed by atoms with Crippen molar-refractivity contribution in [2.45, 2.75) is 19.1 Å². The maximum Gasteiger partial charge on any atom is 0.277 e. The summed E-state index contributed by atoms with van der Waals surface area (Å²) in [6.45, 7) is 3.98. The Morgan fingerprint density at radius 3 is 2.57 bits per heavy atom. The number of nitrogens with zero attached hydrogens (tertiary/aromatic N) is 2. The van der Waals surface area contributed by atoms with Crippen molar-refractivity contribution in [1.29, 1.82) is 0 Å². The van der Waals surface area contributed by atoms with Crippen molar-refractivity contribution in [1.82, 2.24) is 10.2 Å². The number of amides is 1. The summed E-state index contributed by atoms with van der Waals surface area (Å²) in [5, 5.41) is 11.2. The van der Waals surface area contributed by atoms with E-state index in [0.717, 1.165) is 16.8 Å². The van der Waals surface area contributed by atoms with Crippen molar-refractivity contribution in [2.75, 3.05) is 25.3 Å². The second-order valence-electron chi connectivity index (χ2n) is 6.10. The second kappa shape index (κ2) is 8.79. The third kappa shape index (κ3) is 4.64. The van der Waals surface area contributed by atoms with Gasteiger partial charge in [0.1, 0.15) is 0 Å². The minimum atomic E-state index is -0.136. The molecule has 1 aromatic heterocycles. The Bertz CT molecular complexity index is 987. The van der Waals surface area contributed by atoms with E-state index in [0.29, 0.717) is 28.2 Å². The van der Waals surface area contributed by atoms with E-state index in [1.54, 1.807) is 32.4 Å². The van der Waals surface area contributed by atoms with Gasteiger partial charge in [-0.25, -0.2) is 0 Å². The van der Waals surface area contributed by atoms with E-state index < -0.39 is 0 Å². The zero-order valence-electron chi connectivity index (χ0n) is 16.1. The predicted molar refractivity (Wildman–Crippen MR) is 108 cm³/mol. The minimum Gasteiger partial charge on any atom is -0.493 e. The lowest BCUT2D eigenvalue weighted by Crippen LogP contribution is -2.14. The third-order valence-corrected chi connectivity index (χ3v) is 4.84. The summed E-state index contributed by atoms with van der Waals surface area (Å²) in [5.41, 5.74) is 3.68. The molecule has 146 valence electrons. The quantitative estimate of drug-likeness (QED) is 0.599. The van der Waals surface area contributed by atoms with E-state index in [2.05, 4.69) is 15.5 Å². The van der Waals surface area contributed by atoms with Gasteiger partial charge in [-0.2, -0.15) is 0 Å². The summed E-state index contributed by atoms with van der Waals surface area (Å²) in [6, 6.07) is 11.2. The standard InChI is InChI=1S/C20H21N3O4S/c1-12-5-7-15(13(2)9-12)21-18(24)11-28-20-23-22-19(27-20)14-6-8-16(25-3)17(10-14)26-4/h5-10H,11H2,1-4H3,(H,21,24). The van der Waals surface area contributed by atoms with Gasteiger partial charge in [0.15, 0.2) is 11.5 Å². The van der Waals surface area contributed by atoms with Crippen molar-refractivity contribution >= 4 is 23.4 Å². The number of aryl methyl sites for hydroxylation is 2. The molecule has 0 spiro atoms. The van der Waals surface area contributed by atoms with Crippen LogP contribution in [0.5, 0.6) is 11.5 Å². The number of aromatic nitrogens is 2. The Morgan fingerprint density at radius 1 is 1.07 bits per heavy atom. The van der Waals surface area contributed by atoms with Gasteiger partial charge in [-0.05, 0) is 43.7 Å². The summed E-state index contributed by atoms with van der Waals surface area (Å²) in [5.74, 6) is 1.56. The molecule has 0 saturated carbocycles. The van der Waals surface area contributed by atoms with Crippen LogP contribution in [0.4, 0.5) is 5.69 Å². The highest BCUT2D eigenvalue weighted by Gasteiger charge is 2.14. The first-order valence-corrected chi connectivity index (χ1v) is 9.54. The maximum absolute atomic E-state index is 12.2. The van der Waals surface area contributed by atoms with Crippen LogP contribution in [0.2, 0.25) is 0 Å². The summed E-state index contributed by atoms with van der Waals surface area (Å²) in [7, 11) is 3.13. The number of methoxy groups -OCH3 is 2. The summed E-state index contributed by atoms with van der Waals surface area (Å²) < 4.78 is 16.2. The zero-order valence-corrected chi connectivity index (χ0v) is 16.9. The zero-order chi connectivity index (χ0) is 20.1. The third-order valence-electron chi connectivity index (χ3n) is 4.02. The Labute approximate surface area is 167 Å². The molecule has 1 N–H and O–H groups in total. The van der Waals surface area contributed by atoms with E-state index in [9.17, 15) is 4.79 Å². The van der Waals surface area contributed by atoms with E-state index in [1.807, 2.05) is 32.0 Å². The highest BCUT2D eigenvalue weighted by Crippen LogP contribution is 2.32. The smallest absolute Gasteiger partial charge is 0.277 e. The fourth-order valence-corrected chi connectivity index (χ4v) is 3.18. The van der Waals surface area contributed by atoms with Gasteiger partial charge in [0.05, 0.1) is 20.0 Å². The molecule has 0 unspecified atom stereocenters. The van der Waals surface area contributed by atoms with Crippen LogP contribution in [0, 0.1) is 13.8 Å². The van der Waals surface area contributed by atoms with Gasteiger partial charge in [0.25, 0.3) is 5.22 Å². The lowest BCUT2D eigenvalue weighted by atomic mass is 10.1. The van der Waals surface area contributed by atoms with Gasteiger partial charge in [-0.1, -0.05) is 29.5 Å². The van der Waals surface area contributed by atoms with Crippen molar-refractivity contribution in [3.05, 3.63) is 47.5 Å². The van der Waals surface area contributed by atoms with Crippen LogP contribution < -0.4 is 14.8 Å². The van der Waals surface area contributed by atoms with Gasteiger partial charge >= 0.3 is 0 Å². The fraction of sp³-hybridized carbons (Fsp3) is 0.250. The van der Waals surface area contributed by atoms with Gasteiger partial charge in [-0.15, -0.1) is 10.2 Å². The number of rotatable bonds is 7. The molecule has 2 aromatic carbocycles. The number of carbonyl (C=O) groups is 1. The van der Waals surface area contributed by atoms with Gasteiger partial charge < -0.3 is 19.2 Å². The summed E-state index contributed by atoms with van der Waals surface area (Å²) in [6.07, 6.45) is 0. The molecule has 1 amide bonds. The highest BCUT2D eigenvalue weighted by molar-refractivity contribution is 7.99. The number of nitrogens with one attached hydrogen (secondary N) is 1. The number of thioether (sulfide) groups is 1. The van der Waals surface area contributed by atoms with Crippen molar-refractivity contribution in [3.8, 4) is 23.0 Å². The van der Waals surface area contributed by atoms with Gasteiger partial charge in [0.2, 0.25) is 11.8 Å². The number of anilines is 1. The van der Waals surface area contributed by atoms with E-state index in [4.69, 9.17) is 13.9 Å². The molecule has 0 saturated heterocycles. The minimum absolute atomic E-state index is 0.136. The molecule has 0 aliphatic rings. The number of carbonyl (C=O) groups excluding carboxylic acids is 1. The molecule has 7 nitrogen and oxygen atoms in total. The Kier molecular flexibility index (Phi) is 6.20. The molecule has 0 aliphatic heterocycles. The van der Waals surface area contributed by atoms with Crippen LogP contribution in [0.3, 0.4) is 0 Å². The molecule has 3 rings (SSSR count). The van der Waals surface area contributed by atoms with E-state index >= 15 is 0 Å². The van der Waals surface area contributed by atoms with E-state index in [1.165, 1.54) is 11.8 Å². The molecule has 28 heavy (non-hydrogen) atoms. The fourth-order valence-electron chi connectivity index (χ4n) is 2.62. The van der Waals surface area contributed by atoms with Crippen LogP contribution in [-0.4, -0.2) is 36.1 Å². The number of benzene rings is 2. The number of hydrogen-bond donors (Lipinski definition) is 1. The molecular formula is C20H21N3O4S. The van der Waals surface area contributed by atoms with Crippen LogP contribution in [0.15, 0.2) is 46.0 Å². The Morgan fingerprint density at radius 2 is 1.86 bits per heavy atom. The first kappa shape index (κ1) is 19.8. The molecule has 0 bridgehead atoms. The molecule has 0 radical (unpaired) electrons. The largest absolute Gasteiger partial charge is 0.493 e. The van der Waals surface area contributed by atoms with Crippen LogP contribution >= 0.6 is 11.8 Å². The lowest BCUT2D eigenvalue weighted by Gasteiger charge is -2.08. The second-order valence-corrected chi connectivity index (χ2v) is 7.02. The molecular weight excluding hydrogens is 378 g/mol. The van der Waals surface area contributed by atoms with Crippen LogP contribution in [-0.2, 0) is 4.79 Å². The summed E-state index contributed by atoms with van der Waals surface area (Å²) in [4.78, 5) is 12.2. The molecule has 0 aliphatic carbocycles. The average molecular weight is 399 g/mol. The first-order valence-electron chi connectivity index (χ1n) is 8.56. The van der Waals surface area contributed by atoms with Crippen molar-refractivity contribution in [2.24, 2.45) is 0 Å². The molecule has 3 aromatic rings. The van der Waals surface area contributed by atoms with E-state index in [-0.39, 0.29) is 11.7 Å². The molecule has 0 atom stereocenters. The van der Waals surface area contributed by atoms with Crippen molar-refractivity contribution < 1.29 is 18.7 Å². The lowest BCUT2D eigenvalue weighted by molar-refractivity contribution is -0.113. The highest BCUT2D eigenvalue weighted by atomic mass is 32.2. The molecule has 0 fully saturated rings. The maximum atomic E-state index is 12.2. The monoisotopic (exact) mass is 399 g/mol. The summed E-state index contributed by atoms with van der Waals surface area (Å²) >= 11 is 1.18. The van der Waals surface area contributed by atoms with Gasteiger partial charge in [0, 0.05) is 11.3 Å². The number of ether oxygens (including phenoxy) is 2. The van der Waals surface area contributed by atoms with Crippen LogP contribution in [0.1, 0.15) is 11.1 Å². The predicted octanol–water partition coefficient (Wildman–Crippen LogP) is 4.10. The topological polar surface area (TPSA) is 86.5 Å². The van der Waals surface area contributed by atoms with Crippen LogP contribution in [0.25, 0.3) is 11.5 Å². The normalized spacial score (nSPS) is 10.6. The number of hydrogen-bond acceptors (Lipinski definition) is 7.